The van der Waals surface area contributed by atoms with Crippen LogP contribution in [0.4, 0.5) is 4.39 Å². The van der Waals surface area contributed by atoms with Gasteiger partial charge in [-0.3, -0.25) is 10.2 Å². The van der Waals surface area contributed by atoms with Crippen LogP contribution in [0.5, 0.6) is 0 Å². The van der Waals surface area contributed by atoms with E-state index in [0.29, 0.717) is 18.8 Å². The molecule has 2 aromatic rings. The van der Waals surface area contributed by atoms with Gasteiger partial charge in [0.25, 0.3) is 5.91 Å². The minimum absolute atomic E-state index is 0.0690. The molecule has 2 heterocycles. The van der Waals surface area contributed by atoms with Gasteiger partial charge in [-0.1, -0.05) is 22.8 Å². The minimum Gasteiger partial charge on any atom is -0.360 e. The van der Waals surface area contributed by atoms with Crippen molar-refractivity contribution in [3.63, 3.8) is 0 Å². The lowest BCUT2D eigenvalue weighted by Gasteiger charge is -2.32. The summed E-state index contributed by atoms with van der Waals surface area (Å²) in [7, 11) is 2.03. The largest absolute Gasteiger partial charge is 0.360 e. The number of halogens is 2. The summed E-state index contributed by atoms with van der Waals surface area (Å²) in [5.41, 5.74) is 3.21. The molecule has 0 atom stereocenters. The Morgan fingerprint density at radius 2 is 2.04 bits per heavy atom. The second-order valence-electron chi connectivity index (χ2n) is 5.79. The second kappa shape index (κ2) is 6.88. The SMILES string of the molecule is Cc1onc(-c2c(F)cccc2Cl)c1C(=O)NN1CCN(C)CC1. The van der Waals surface area contributed by atoms with Crippen molar-refractivity contribution in [2.75, 3.05) is 33.2 Å². The first-order chi connectivity index (χ1) is 11.5. The third kappa shape index (κ3) is 3.28. The molecule has 0 bridgehead atoms. The van der Waals surface area contributed by atoms with Gasteiger partial charge in [-0.05, 0) is 26.1 Å². The van der Waals surface area contributed by atoms with Crippen molar-refractivity contribution in [1.82, 2.24) is 20.5 Å². The molecule has 1 fully saturated rings. The van der Waals surface area contributed by atoms with Crippen LogP contribution < -0.4 is 5.43 Å². The summed E-state index contributed by atoms with van der Waals surface area (Å²) < 4.78 is 19.3. The van der Waals surface area contributed by atoms with Crippen LogP contribution in [-0.2, 0) is 0 Å². The maximum atomic E-state index is 14.2. The van der Waals surface area contributed by atoms with Gasteiger partial charge in [0.1, 0.15) is 22.8 Å². The number of hydrogen-bond acceptors (Lipinski definition) is 5. The predicted molar refractivity (Wildman–Crippen MR) is 88.2 cm³/mol. The van der Waals surface area contributed by atoms with E-state index in [0.717, 1.165) is 13.1 Å². The third-order valence-electron chi connectivity index (χ3n) is 4.05. The maximum Gasteiger partial charge on any atom is 0.271 e. The van der Waals surface area contributed by atoms with Crippen LogP contribution in [0, 0.1) is 12.7 Å². The molecule has 0 spiro atoms. The minimum atomic E-state index is -0.551. The zero-order valence-electron chi connectivity index (χ0n) is 13.5. The first-order valence-corrected chi connectivity index (χ1v) is 8.00. The third-order valence-corrected chi connectivity index (χ3v) is 4.37. The number of carbonyl (C=O) groups is 1. The molecular formula is C16H18ClFN4O2. The highest BCUT2D eigenvalue weighted by molar-refractivity contribution is 6.33. The number of aromatic nitrogens is 1. The molecule has 3 rings (SSSR count). The van der Waals surface area contributed by atoms with Crippen LogP contribution in [-0.4, -0.2) is 54.2 Å². The van der Waals surface area contributed by atoms with Crippen LogP contribution >= 0.6 is 11.6 Å². The summed E-state index contributed by atoms with van der Waals surface area (Å²) in [5, 5.41) is 5.86. The number of rotatable bonds is 3. The van der Waals surface area contributed by atoms with Gasteiger partial charge in [0.15, 0.2) is 0 Å². The summed E-state index contributed by atoms with van der Waals surface area (Å²) in [6.45, 7) is 4.75. The van der Waals surface area contributed by atoms with Gasteiger partial charge in [0.2, 0.25) is 0 Å². The number of aryl methyl sites for hydroxylation is 1. The Kier molecular flexibility index (Phi) is 4.84. The zero-order valence-corrected chi connectivity index (χ0v) is 14.2. The molecule has 1 N–H and O–H groups in total. The Morgan fingerprint density at radius 3 is 2.71 bits per heavy atom. The van der Waals surface area contributed by atoms with Gasteiger partial charge in [0, 0.05) is 26.2 Å². The van der Waals surface area contributed by atoms with Gasteiger partial charge in [-0.2, -0.15) is 0 Å². The number of hydrazine groups is 1. The maximum absolute atomic E-state index is 14.2. The highest BCUT2D eigenvalue weighted by atomic mass is 35.5. The van der Waals surface area contributed by atoms with Gasteiger partial charge in [-0.15, -0.1) is 0 Å². The quantitative estimate of drug-likeness (QED) is 0.918. The Hall–Kier alpha value is -1.96. The normalized spacial score (nSPS) is 16.3. The molecule has 6 nitrogen and oxygen atoms in total. The lowest BCUT2D eigenvalue weighted by atomic mass is 10.1. The number of carbonyl (C=O) groups excluding carboxylic acids is 1. The molecule has 8 heteroatoms. The molecule has 128 valence electrons. The Morgan fingerprint density at radius 1 is 1.33 bits per heavy atom. The van der Waals surface area contributed by atoms with E-state index in [2.05, 4.69) is 15.5 Å². The number of benzene rings is 1. The van der Waals surface area contributed by atoms with Crippen molar-refractivity contribution < 1.29 is 13.7 Å². The van der Waals surface area contributed by atoms with Gasteiger partial charge >= 0.3 is 0 Å². The summed E-state index contributed by atoms with van der Waals surface area (Å²) >= 11 is 6.09. The van der Waals surface area contributed by atoms with E-state index >= 15 is 0 Å². The molecular weight excluding hydrogens is 335 g/mol. The van der Waals surface area contributed by atoms with Crippen LogP contribution in [0.1, 0.15) is 16.1 Å². The predicted octanol–water partition coefficient (Wildman–Crippen LogP) is 2.33. The smallest absolute Gasteiger partial charge is 0.271 e. The lowest BCUT2D eigenvalue weighted by Crippen LogP contribution is -2.52. The Labute approximate surface area is 144 Å². The Balaban J connectivity index is 1.89. The summed E-state index contributed by atoms with van der Waals surface area (Å²) in [6.07, 6.45) is 0. The molecule has 1 aliphatic heterocycles. The highest BCUT2D eigenvalue weighted by Crippen LogP contribution is 2.33. The highest BCUT2D eigenvalue weighted by Gasteiger charge is 2.27. The first kappa shape index (κ1) is 16.9. The molecule has 1 saturated heterocycles. The van der Waals surface area contributed by atoms with Crippen LogP contribution in [0.2, 0.25) is 5.02 Å². The van der Waals surface area contributed by atoms with Crippen molar-refractivity contribution in [2.45, 2.75) is 6.92 Å². The fraction of sp³-hybridized carbons (Fsp3) is 0.375. The van der Waals surface area contributed by atoms with Crippen LogP contribution in [0.3, 0.4) is 0 Å². The van der Waals surface area contributed by atoms with E-state index < -0.39 is 5.82 Å². The number of nitrogens with zero attached hydrogens (tertiary/aromatic N) is 3. The molecule has 1 aromatic heterocycles. The molecule has 1 amide bonds. The summed E-state index contributed by atoms with van der Waals surface area (Å²) in [6, 6.07) is 4.32. The molecule has 1 aliphatic rings. The molecule has 0 radical (unpaired) electrons. The molecule has 0 saturated carbocycles. The van der Waals surface area contributed by atoms with E-state index in [4.69, 9.17) is 16.1 Å². The van der Waals surface area contributed by atoms with Crippen LogP contribution in [0.25, 0.3) is 11.3 Å². The van der Waals surface area contributed by atoms with Gasteiger partial charge < -0.3 is 9.42 Å². The lowest BCUT2D eigenvalue weighted by molar-refractivity contribution is 0.0661. The topological polar surface area (TPSA) is 61.6 Å². The number of amides is 1. The van der Waals surface area contributed by atoms with Crippen LogP contribution in [0.15, 0.2) is 22.7 Å². The molecule has 1 aromatic carbocycles. The zero-order chi connectivity index (χ0) is 17.3. The average Bonchev–Trinajstić information content (AvgIpc) is 2.91. The standard InChI is InChI=1S/C16H18ClFN4O2/c1-10-13(16(23)19-22-8-6-21(2)7-9-22)15(20-24-10)14-11(17)4-3-5-12(14)18/h3-5H,6-9H2,1-2H3,(H,19,23). The fourth-order valence-corrected chi connectivity index (χ4v) is 2.90. The molecule has 24 heavy (non-hydrogen) atoms. The van der Waals surface area contributed by atoms with Crippen molar-refractivity contribution in [3.8, 4) is 11.3 Å². The molecule has 0 aliphatic carbocycles. The Bertz CT molecular complexity index is 736. The number of nitrogens with one attached hydrogen (secondary N) is 1. The average molecular weight is 353 g/mol. The van der Waals surface area contributed by atoms with E-state index in [1.807, 2.05) is 12.1 Å². The van der Waals surface area contributed by atoms with Crippen molar-refractivity contribution in [1.29, 1.82) is 0 Å². The molecule has 0 unspecified atom stereocenters. The van der Waals surface area contributed by atoms with Gasteiger partial charge in [0.05, 0.1) is 10.6 Å². The van der Waals surface area contributed by atoms with E-state index in [9.17, 15) is 9.18 Å². The van der Waals surface area contributed by atoms with Gasteiger partial charge in [-0.25, -0.2) is 9.40 Å². The number of piperazine rings is 1. The number of hydrogen-bond donors (Lipinski definition) is 1. The monoisotopic (exact) mass is 352 g/mol. The van der Waals surface area contributed by atoms with E-state index in [1.165, 1.54) is 12.1 Å². The summed E-state index contributed by atoms with van der Waals surface area (Å²) in [4.78, 5) is 14.8. The van der Waals surface area contributed by atoms with Crippen molar-refractivity contribution >= 4 is 17.5 Å². The second-order valence-corrected chi connectivity index (χ2v) is 6.20. The first-order valence-electron chi connectivity index (χ1n) is 7.62. The van der Waals surface area contributed by atoms with E-state index in [1.54, 1.807) is 13.0 Å². The van der Waals surface area contributed by atoms with E-state index in [-0.39, 0.29) is 27.8 Å². The van der Waals surface area contributed by atoms with Crippen molar-refractivity contribution in [2.24, 2.45) is 0 Å². The number of likely N-dealkylation sites (N-methyl/N-ethyl adjacent to an activating group) is 1. The van der Waals surface area contributed by atoms with Crippen molar-refractivity contribution in [3.05, 3.63) is 40.4 Å². The fourth-order valence-electron chi connectivity index (χ4n) is 2.65. The summed E-state index contributed by atoms with van der Waals surface area (Å²) in [5.74, 6) is -0.618.